The number of nitrogens with one attached hydrogen (secondary N) is 1. The molecule has 0 spiro atoms. The molecule has 1 N–H and O–H groups in total. The summed E-state index contributed by atoms with van der Waals surface area (Å²) in [7, 11) is 0. The third-order valence-electron chi connectivity index (χ3n) is 4.13. The van der Waals surface area contributed by atoms with Crippen LogP contribution in [0.15, 0.2) is 18.6 Å². The highest BCUT2D eigenvalue weighted by Gasteiger charge is 2.39. The molecule has 1 saturated carbocycles. The maximum absolute atomic E-state index is 12.0. The molecule has 1 aromatic heterocycles. The van der Waals surface area contributed by atoms with Crippen molar-refractivity contribution < 1.29 is 4.79 Å². The molecular formula is C13H17N3O. The summed E-state index contributed by atoms with van der Waals surface area (Å²) in [6.07, 6.45) is 9.23. The summed E-state index contributed by atoms with van der Waals surface area (Å²) < 4.78 is 0. The fourth-order valence-corrected chi connectivity index (χ4v) is 3.27. The Morgan fingerprint density at radius 2 is 2.35 bits per heavy atom. The first kappa shape index (κ1) is 10.8. The van der Waals surface area contributed by atoms with Gasteiger partial charge in [-0.25, -0.2) is 4.98 Å². The van der Waals surface area contributed by atoms with Crippen LogP contribution >= 0.6 is 0 Å². The Morgan fingerprint density at radius 3 is 3.18 bits per heavy atom. The van der Waals surface area contributed by atoms with Gasteiger partial charge >= 0.3 is 0 Å². The van der Waals surface area contributed by atoms with E-state index in [1.54, 1.807) is 18.6 Å². The minimum Gasteiger partial charge on any atom is -0.313 e. The number of carbonyl (C=O) groups is 1. The molecule has 2 aliphatic rings. The van der Waals surface area contributed by atoms with Crippen molar-refractivity contribution in [2.45, 2.75) is 31.7 Å². The van der Waals surface area contributed by atoms with Crippen LogP contribution in [0.4, 0.5) is 0 Å². The average Bonchev–Trinajstić information content (AvgIpc) is 2.95. The van der Waals surface area contributed by atoms with Crippen LogP contribution in [-0.2, 0) is 0 Å². The maximum Gasteiger partial charge on any atom is 0.184 e. The van der Waals surface area contributed by atoms with Crippen LogP contribution in [0.1, 0.15) is 36.2 Å². The molecule has 3 atom stereocenters. The second kappa shape index (κ2) is 4.53. The number of carbonyl (C=O) groups excluding carboxylic acids is 1. The number of hydrogen-bond donors (Lipinski definition) is 1. The molecule has 17 heavy (non-hydrogen) atoms. The van der Waals surface area contributed by atoms with E-state index in [2.05, 4.69) is 15.3 Å². The Bertz CT molecular complexity index is 406. The lowest BCUT2D eigenvalue weighted by Gasteiger charge is -2.16. The van der Waals surface area contributed by atoms with E-state index < -0.39 is 0 Å². The highest BCUT2D eigenvalue weighted by molar-refractivity contribution is 5.94. The Hall–Kier alpha value is -1.29. The molecule has 2 fully saturated rings. The number of aromatic nitrogens is 2. The van der Waals surface area contributed by atoms with Crippen molar-refractivity contribution in [3.05, 3.63) is 24.3 Å². The maximum atomic E-state index is 12.0. The van der Waals surface area contributed by atoms with Crippen LogP contribution in [0.2, 0.25) is 0 Å². The predicted molar refractivity (Wildman–Crippen MR) is 63.6 cm³/mol. The van der Waals surface area contributed by atoms with Crippen molar-refractivity contribution in [2.24, 2.45) is 11.8 Å². The summed E-state index contributed by atoms with van der Waals surface area (Å²) in [6.45, 7) is 1.09. The van der Waals surface area contributed by atoms with Gasteiger partial charge in [-0.15, -0.1) is 0 Å². The van der Waals surface area contributed by atoms with Crippen LogP contribution in [0, 0.1) is 11.8 Å². The van der Waals surface area contributed by atoms with Gasteiger partial charge in [-0.2, -0.15) is 0 Å². The van der Waals surface area contributed by atoms with Crippen LogP contribution in [0.5, 0.6) is 0 Å². The van der Waals surface area contributed by atoms with Gasteiger partial charge in [0.1, 0.15) is 5.69 Å². The fraction of sp³-hybridized carbons (Fsp3) is 0.615. The molecule has 1 saturated heterocycles. The van der Waals surface area contributed by atoms with Crippen molar-refractivity contribution >= 4 is 5.78 Å². The number of fused-ring (bicyclic) bond motifs is 1. The highest BCUT2D eigenvalue weighted by Crippen LogP contribution is 2.38. The molecule has 0 radical (unpaired) electrons. The summed E-state index contributed by atoms with van der Waals surface area (Å²) in [5.41, 5.74) is 0.496. The van der Waals surface area contributed by atoms with Crippen LogP contribution in [-0.4, -0.2) is 28.3 Å². The molecule has 1 aromatic rings. The number of rotatable bonds is 3. The molecule has 1 aliphatic heterocycles. The number of Topliss-reactive ketones (excluding diaryl/α,β-unsaturated/α-hetero) is 1. The van der Waals surface area contributed by atoms with Gasteiger partial charge in [-0.3, -0.25) is 9.78 Å². The third kappa shape index (κ3) is 2.09. The van der Waals surface area contributed by atoms with E-state index in [4.69, 9.17) is 0 Å². The fourth-order valence-electron chi connectivity index (χ4n) is 3.27. The summed E-state index contributed by atoms with van der Waals surface area (Å²) in [5, 5.41) is 3.49. The van der Waals surface area contributed by atoms with E-state index in [0.717, 1.165) is 12.5 Å². The van der Waals surface area contributed by atoms with Gasteiger partial charge in [-0.1, -0.05) is 6.42 Å². The SMILES string of the molecule is O=C(CC1NCC2CCCC21)c1cnccn1. The minimum absolute atomic E-state index is 0.114. The van der Waals surface area contributed by atoms with Crippen LogP contribution in [0.3, 0.4) is 0 Å². The zero-order chi connectivity index (χ0) is 11.7. The summed E-state index contributed by atoms with van der Waals surface area (Å²) in [6, 6.07) is 0.358. The molecule has 3 rings (SSSR count). The lowest BCUT2D eigenvalue weighted by Crippen LogP contribution is -2.29. The second-order valence-electron chi connectivity index (χ2n) is 5.09. The van der Waals surface area contributed by atoms with E-state index in [0.29, 0.717) is 24.1 Å². The molecule has 1 aliphatic carbocycles. The van der Waals surface area contributed by atoms with Crippen molar-refractivity contribution in [2.75, 3.05) is 6.54 Å². The average molecular weight is 231 g/mol. The van der Waals surface area contributed by atoms with Gasteiger partial charge in [0.15, 0.2) is 5.78 Å². The standard InChI is InChI=1S/C13H17N3O/c17-13(12-8-14-4-5-15-12)6-11-10-3-1-2-9(10)7-16-11/h4-5,8-11,16H,1-3,6-7H2. The van der Waals surface area contributed by atoms with Gasteiger partial charge in [-0.05, 0) is 31.2 Å². The van der Waals surface area contributed by atoms with Crippen molar-refractivity contribution in [3.63, 3.8) is 0 Å². The first-order valence-electron chi connectivity index (χ1n) is 6.37. The summed E-state index contributed by atoms with van der Waals surface area (Å²) >= 11 is 0. The molecule has 0 aromatic carbocycles. The molecule has 4 nitrogen and oxygen atoms in total. The molecular weight excluding hydrogens is 214 g/mol. The zero-order valence-electron chi connectivity index (χ0n) is 9.80. The van der Waals surface area contributed by atoms with Gasteiger partial charge in [0, 0.05) is 24.9 Å². The Morgan fingerprint density at radius 1 is 1.41 bits per heavy atom. The van der Waals surface area contributed by atoms with Crippen LogP contribution < -0.4 is 5.32 Å². The minimum atomic E-state index is 0.114. The van der Waals surface area contributed by atoms with Gasteiger partial charge in [0.2, 0.25) is 0 Å². The van der Waals surface area contributed by atoms with E-state index in [-0.39, 0.29) is 5.78 Å². The van der Waals surface area contributed by atoms with Crippen molar-refractivity contribution in [1.82, 2.24) is 15.3 Å². The first-order chi connectivity index (χ1) is 8.34. The predicted octanol–water partition coefficient (Wildman–Crippen LogP) is 1.44. The van der Waals surface area contributed by atoms with Gasteiger partial charge < -0.3 is 5.32 Å². The largest absolute Gasteiger partial charge is 0.313 e. The Labute approximate surface area is 101 Å². The monoisotopic (exact) mass is 231 g/mol. The lowest BCUT2D eigenvalue weighted by atomic mass is 9.91. The van der Waals surface area contributed by atoms with Crippen LogP contribution in [0.25, 0.3) is 0 Å². The Balaban J connectivity index is 1.66. The number of ketones is 1. The van der Waals surface area contributed by atoms with E-state index >= 15 is 0 Å². The quantitative estimate of drug-likeness (QED) is 0.800. The summed E-state index contributed by atoms with van der Waals surface area (Å²) in [5.74, 6) is 1.62. The first-order valence-corrected chi connectivity index (χ1v) is 6.37. The Kier molecular flexibility index (Phi) is 2.89. The van der Waals surface area contributed by atoms with Crippen molar-refractivity contribution in [1.29, 1.82) is 0 Å². The van der Waals surface area contributed by atoms with E-state index in [9.17, 15) is 4.79 Å². The van der Waals surface area contributed by atoms with Gasteiger partial charge in [0.05, 0.1) is 6.20 Å². The zero-order valence-corrected chi connectivity index (χ0v) is 9.80. The highest BCUT2D eigenvalue weighted by atomic mass is 16.1. The normalized spacial score (nSPS) is 31.4. The smallest absolute Gasteiger partial charge is 0.184 e. The molecule has 4 heteroatoms. The molecule has 2 heterocycles. The van der Waals surface area contributed by atoms with Gasteiger partial charge in [0.25, 0.3) is 0 Å². The molecule has 90 valence electrons. The number of nitrogens with zero attached hydrogens (tertiary/aromatic N) is 2. The number of hydrogen-bond acceptors (Lipinski definition) is 4. The molecule has 0 amide bonds. The van der Waals surface area contributed by atoms with E-state index in [1.807, 2.05) is 0 Å². The topological polar surface area (TPSA) is 54.9 Å². The third-order valence-corrected chi connectivity index (χ3v) is 4.13. The summed E-state index contributed by atoms with van der Waals surface area (Å²) in [4.78, 5) is 20.1. The lowest BCUT2D eigenvalue weighted by molar-refractivity contribution is 0.0958. The van der Waals surface area contributed by atoms with E-state index in [1.165, 1.54) is 19.3 Å². The molecule has 3 unspecified atom stereocenters. The molecule has 0 bridgehead atoms. The van der Waals surface area contributed by atoms with Crippen molar-refractivity contribution in [3.8, 4) is 0 Å². The second-order valence-corrected chi connectivity index (χ2v) is 5.09.